The van der Waals surface area contributed by atoms with E-state index in [0.29, 0.717) is 5.56 Å². The number of carbonyl (C=O) groups is 3. The van der Waals surface area contributed by atoms with E-state index in [4.69, 9.17) is 10.6 Å². The number of H-pyrrole nitrogens is 1. The number of carbonyl (C=O) groups excluding carboxylic acids is 3. The number of β-lactam (4-membered cyclic amide) rings is 1. The number of oxime groups is 1. The number of tetrazole rings is 1. The van der Waals surface area contributed by atoms with Crippen LogP contribution < -0.4 is 51.3 Å². The number of thioether (sulfide) groups is 1. The molecule has 1 fully saturated rings. The van der Waals surface area contributed by atoms with Gasteiger partial charge in [0, 0.05) is 16.7 Å². The Morgan fingerprint density at radius 2 is 2.00 bits per heavy atom. The SMILES string of the molecule is Nc1nc(/C(=N/OCc2ncc(O)c(=O)[nH]2)C(=O)N[C@@H]2C(=O)N3C(C(=O)[O-])=C(Cn4nnnc4-c4ccc(O)c(O)c4)CS[C@H]23)cs1.[Na+]. The standard InChI is InChI=1S/C25H21N11O9S2.Na/c26-25-28-11(8-47-25)16(32-45-6-15-27-4-14(39)20(40)29-15)21(41)30-17-22(42)36-18(24(43)44)10(7-46-23(17)36)5-35-19(31-33-34-35)9-1-2-12(37)13(38)3-9;/h1-4,8,17,23,37-39H,5-7H2,(H2,26,28)(H,30,41)(H,43,44)(H,27,29,40);/q;+1/p-1/b32-16-;/t17-,23-;/m1./s1. The summed E-state index contributed by atoms with van der Waals surface area (Å²) in [6, 6.07) is 2.77. The number of nitrogens with two attached hydrogens (primary N) is 1. The number of nitrogens with one attached hydrogen (secondary N) is 2. The molecule has 4 aromatic rings. The molecule has 48 heavy (non-hydrogen) atoms. The molecule has 0 radical (unpaired) electrons. The number of fused-ring (bicyclic) bond motifs is 1. The second-order valence-corrected chi connectivity index (χ2v) is 11.8. The van der Waals surface area contributed by atoms with Gasteiger partial charge in [-0.3, -0.25) is 19.3 Å². The van der Waals surface area contributed by atoms with Crippen molar-refractivity contribution in [3.8, 4) is 28.6 Å². The van der Waals surface area contributed by atoms with E-state index in [9.17, 15) is 39.6 Å². The van der Waals surface area contributed by atoms with E-state index < -0.39 is 58.6 Å². The maximum absolute atomic E-state index is 13.3. The number of amides is 2. The molecule has 0 saturated carbocycles. The molecule has 0 unspecified atom stereocenters. The molecule has 1 aromatic carbocycles. The molecule has 6 rings (SSSR count). The summed E-state index contributed by atoms with van der Waals surface area (Å²) >= 11 is 2.18. The van der Waals surface area contributed by atoms with Gasteiger partial charge in [0.05, 0.1) is 24.4 Å². The summed E-state index contributed by atoms with van der Waals surface area (Å²) in [6.45, 7) is -0.561. The van der Waals surface area contributed by atoms with Crippen molar-refractivity contribution in [1.29, 1.82) is 0 Å². The molecule has 0 spiro atoms. The fourth-order valence-corrected chi connectivity index (χ4v) is 6.50. The summed E-state index contributed by atoms with van der Waals surface area (Å²) in [4.78, 5) is 66.8. The van der Waals surface area contributed by atoms with Crippen molar-refractivity contribution in [2.45, 2.75) is 24.6 Å². The Balaban J connectivity index is 0.00000451. The topological polar surface area (TPSA) is 300 Å². The minimum absolute atomic E-state index is 0. The van der Waals surface area contributed by atoms with Crippen LogP contribution in [-0.2, 0) is 32.4 Å². The molecule has 2 amide bonds. The van der Waals surface area contributed by atoms with Crippen LogP contribution in [0, 0.1) is 0 Å². The van der Waals surface area contributed by atoms with Crippen molar-refractivity contribution in [2.75, 3.05) is 11.5 Å². The first-order valence-electron chi connectivity index (χ1n) is 13.2. The van der Waals surface area contributed by atoms with Crippen LogP contribution in [0.25, 0.3) is 11.4 Å². The number of aromatic nitrogens is 7. The number of aromatic amines is 1. The third-order valence-corrected chi connectivity index (χ3v) is 8.82. The number of rotatable bonds is 10. The Morgan fingerprint density at radius 1 is 1.21 bits per heavy atom. The number of hydrogen-bond donors (Lipinski definition) is 6. The van der Waals surface area contributed by atoms with Crippen molar-refractivity contribution >= 4 is 51.7 Å². The minimum atomic E-state index is -1.63. The van der Waals surface area contributed by atoms with Crippen LogP contribution >= 0.6 is 23.1 Å². The fourth-order valence-electron chi connectivity index (χ4n) is 4.62. The average Bonchev–Trinajstić information content (AvgIpc) is 3.69. The van der Waals surface area contributed by atoms with Crippen molar-refractivity contribution in [2.24, 2.45) is 5.16 Å². The third kappa shape index (κ3) is 6.68. The van der Waals surface area contributed by atoms with E-state index in [2.05, 4.69) is 40.9 Å². The number of nitrogens with zero attached hydrogens (tertiary/aromatic N) is 8. The quantitative estimate of drug-likeness (QED) is 0.0295. The van der Waals surface area contributed by atoms with Gasteiger partial charge in [-0.15, -0.1) is 28.2 Å². The number of aromatic hydroxyl groups is 3. The van der Waals surface area contributed by atoms with Gasteiger partial charge in [0.1, 0.15) is 22.9 Å². The number of carboxylic acids is 1. The number of thiazole rings is 1. The van der Waals surface area contributed by atoms with Gasteiger partial charge in [0.25, 0.3) is 17.4 Å². The zero-order valence-corrected chi connectivity index (χ0v) is 28.1. The zero-order chi connectivity index (χ0) is 33.4. The summed E-state index contributed by atoms with van der Waals surface area (Å²) in [6.07, 6.45) is 0.912. The monoisotopic (exact) mass is 705 g/mol. The van der Waals surface area contributed by atoms with E-state index in [0.717, 1.165) is 22.4 Å². The van der Waals surface area contributed by atoms with Crippen LogP contribution in [0.4, 0.5) is 5.13 Å². The van der Waals surface area contributed by atoms with Crippen LogP contribution in [0.3, 0.4) is 0 Å². The van der Waals surface area contributed by atoms with Crippen molar-refractivity contribution in [3.63, 3.8) is 0 Å². The normalized spacial score (nSPS) is 17.3. The van der Waals surface area contributed by atoms with E-state index in [1.54, 1.807) is 0 Å². The summed E-state index contributed by atoms with van der Waals surface area (Å²) in [7, 11) is 0. The molecule has 3 aromatic heterocycles. The Morgan fingerprint density at radius 3 is 2.69 bits per heavy atom. The number of nitrogen functional groups attached to an aromatic ring is 1. The third-order valence-electron chi connectivity index (χ3n) is 6.80. The van der Waals surface area contributed by atoms with E-state index in [1.165, 1.54) is 40.0 Å². The smallest absolute Gasteiger partial charge is 0.543 e. The molecule has 2 atom stereocenters. The van der Waals surface area contributed by atoms with Gasteiger partial charge >= 0.3 is 29.6 Å². The van der Waals surface area contributed by atoms with Crippen LogP contribution in [0.5, 0.6) is 17.2 Å². The van der Waals surface area contributed by atoms with Gasteiger partial charge in [-0.1, -0.05) is 5.16 Å². The molecule has 20 nitrogen and oxygen atoms in total. The first kappa shape index (κ1) is 34.3. The van der Waals surface area contributed by atoms with Crippen LogP contribution in [-0.4, -0.2) is 96.0 Å². The van der Waals surface area contributed by atoms with E-state index >= 15 is 0 Å². The number of aliphatic carboxylic acids is 1. The summed E-state index contributed by atoms with van der Waals surface area (Å²) in [5, 5.41) is 59.6. The van der Waals surface area contributed by atoms with Crippen LogP contribution in [0.1, 0.15) is 11.5 Å². The van der Waals surface area contributed by atoms with Gasteiger partial charge in [0.15, 0.2) is 40.5 Å². The molecule has 0 aliphatic carbocycles. The molecule has 2 aliphatic rings. The van der Waals surface area contributed by atoms with Crippen molar-refractivity contribution in [1.82, 2.24) is 45.4 Å². The predicted octanol–water partition coefficient (Wildman–Crippen LogP) is -5.39. The minimum Gasteiger partial charge on any atom is -0.543 e. The molecule has 5 heterocycles. The number of phenols is 2. The number of benzene rings is 1. The van der Waals surface area contributed by atoms with Gasteiger partial charge < -0.3 is 46.1 Å². The van der Waals surface area contributed by atoms with E-state index in [1.807, 2.05) is 0 Å². The predicted molar refractivity (Wildman–Crippen MR) is 158 cm³/mol. The summed E-state index contributed by atoms with van der Waals surface area (Å²) in [5.41, 5.74) is 4.74. The van der Waals surface area contributed by atoms with Gasteiger partial charge in [-0.25, -0.2) is 14.6 Å². The molecule has 7 N–H and O–H groups in total. The second kappa shape index (κ2) is 14.0. The van der Waals surface area contributed by atoms with E-state index in [-0.39, 0.29) is 81.4 Å². The fraction of sp³-hybridized carbons (Fsp3) is 0.200. The number of phenolic OH excluding ortho intramolecular Hbond substituents is 2. The van der Waals surface area contributed by atoms with Crippen molar-refractivity contribution < 1.29 is 69.2 Å². The number of anilines is 1. The maximum Gasteiger partial charge on any atom is 1.00 e. The molecule has 23 heteroatoms. The molecule has 2 aliphatic heterocycles. The van der Waals surface area contributed by atoms with Crippen LogP contribution in [0.15, 0.2) is 51.0 Å². The molecule has 0 bridgehead atoms. The summed E-state index contributed by atoms with van der Waals surface area (Å²) in [5.74, 6) is -4.39. The average molecular weight is 706 g/mol. The Kier molecular flexibility index (Phi) is 10.00. The summed E-state index contributed by atoms with van der Waals surface area (Å²) < 4.78 is 1.26. The largest absolute Gasteiger partial charge is 1.00 e. The number of hydrogen-bond acceptors (Lipinski definition) is 18. The van der Waals surface area contributed by atoms with Gasteiger partial charge in [-0.2, -0.15) is 0 Å². The van der Waals surface area contributed by atoms with Crippen molar-refractivity contribution in [3.05, 3.63) is 62.9 Å². The second-order valence-electron chi connectivity index (χ2n) is 9.79. The van der Waals surface area contributed by atoms with Gasteiger partial charge in [0.2, 0.25) is 0 Å². The zero-order valence-electron chi connectivity index (χ0n) is 24.4. The maximum atomic E-state index is 13.3. The molecular weight excluding hydrogens is 685 g/mol. The Hall–Kier alpha value is -5.03. The van der Waals surface area contributed by atoms with Crippen LogP contribution in [0.2, 0.25) is 0 Å². The number of carboxylic acid groups (broad SMARTS) is 1. The molecular formula is C25H20N11NaO9S2. The molecule has 1 saturated heterocycles. The first-order chi connectivity index (χ1) is 22.5. The first-order valence-corrected chi connectivity index (χ1v) is 15.1. The Bertz CT molecular complexity index is 2050. The van der Waals surface area contributed by atoms with Gasteiger partial charge in [-0.05, 0) is 34.2 Å². The molecule has 242 valence electrons. The Labute approximate surface area is 297 Å².